The fourth-order valence-electron chi connectivity index (χ4n) is 1.32. The van der Waals surface area contributed by atoms with Gasteiger partial charge in [-0.3, -0.25) is 0 Å². The van der Waals surface area contributed by atoms with Crippen molar-refractivity contribution in [3.63, 3.8) is 0 Å². The second kappa shape index (κ2) is 5.23. The number of halogens is 1. The predicted octanol–water partition coefficient (Wildman–Crippen LogP) is 2.46. The average molecular weight is 213 g/mol. The Morgan fingerprint density at radius 1 is 1.50 bits per heavy atom. The molecule has 14 heavy (non-hydrogen) atoms. The molecule has 0 bridgehead atoms. The second-order valence-electron chi connectivity index (χ2n) is 3.54. The maximum absolute atomic E-state index is 5.92. The van der Waals surface area contributed by atoms with Crippen molar-refractivity contribution < 1.29 is 0 Å². The summed E-state index contributed by atoms with van der Waals surface area (Å²) in [7, 11) is 1.96. The molecule has 0 spiro atoms. The molecule has 1 unspecified atom stereocenters. The summed E-state index contributed by atoms with van der Waals surface area (Å²) in [5, 5.41) is 3.85. The van der Waals surface area contributed by atoms with Crippen LogP contribution in [0.3, 0.4) is 0 Å². The molecule has 2 nitrogen and oxygen atoms in total. The summed E-state index contributed by atoms with van der Waals surface area (Å²) in [5.74, 6) is 0. The van der Waals surface area contributed by atoms with E-state index in [-0.39, 0.29) is 0 Å². The number of hydrogen-bond acceptors (Lipinski definition) is 2. The zero-order valence-corrected chi connectivity index (χ0v) is 9.43. The first-order valence-corrected chi connectivity index (χ1v) is 5.23. The minimum Gasteiger partial charge on any atom is -0.397 e. The maximum Gasteiger partial charge on any atom is 0.0638 e. The van der Waals surface area contributed by atoms with Gasteiger partial charge in [-0.25, -0.2) is 0 Å². The lowest BCUT2D eigenvalue weighted by molar-refractivity contribution is 0.565. The van der Waals surface area contributed by atoms with Crippen LogP contribution in [-0.2, 0) is 6.42 Å². The first-order chi connectivity index (χ1) is 6.65. The first kappa shape index (κ1) is 11.3. The molecule has 78 valence electrons. The monoisotopic (exact) mass is 212 g/mol. The summed E-state index contributed by atoms with van der Waals surface area (Å²) in [5.41, 5.74) is 7.72. The average Bonchev–Trinajstić information content (AvgIpc) is 2.20. The zero-order chi connectivity index (χ0) is 10.6. The fraction of sp³-hybridized carbons (Fsp3) is 0.455. The van der Waals surface area contributed by atoms with Gasteiger partial charge in [0.1, 0.15) is 0 Å². The zero-order valence-electron chi connectivity index (χ0n) is 8.68. The van der Waals surface area contributed by atoms with Crippen molar-refractivity contribution in [3.8, 4) is 0 Å². The van der Waals surface area contributed by atoms with Gasteiger partial charge in [0, 0.05) is 6.04 Å². The van der Waals surface area contributed by atoms with E-state index < -0.39 is 0 Å². The lowest BCUT2D eigenvalue weighted by atomic mass is 10.0. The van der Waals surface area contributed by atoms with E-state index in [9.17, 15) is 0 Å². The molecule has 0 amide bonds. The van der Waals surface area contributed by atoms with Crippen molar-refractivity contribution in [1.29, 1.82) is 0 Å². The summed E-state index contributed by atoms with van der Waals surface area (Å²) in [4.78, 5) is 0. The Morgan fingerprint density at radius 3 is 2.86 bits per heavy atom. The summed E-state index contributed by atoms with van der Waals surface area (Å²) in [6.07, 6.45) is 2.04. The third kappa shape index (κ3) is 2.89. The van der Waals surface area contributed by atoms with Crippen LogP contribution in [0.2, 0.25) is 5.02 Å². The molecule has 0 saturated heterocycles. The lowest BCUT2D eigenvalue weighted by Gasteiger charge is -2.11. The number of nitrogens with two attached hydrogens (primary N) is 1. The number of aryl methyl sites for hydroxylation is 1. The molecule has 1 atom stereocenters. The number of anilines is 1. The number of rotatable bonds is 4. The van der Waals surface area contributed by atoms with Crippen LogP contribution in [0.4, 0.5) is 5.69 Å². The molecule has 0 saturated carbocycles. The molecule has 1 aromatic carbocycles. The molecule has 0 radical (unpaired) electrons. The SMILES string of the molecule is CNC(C)CCc1cccc(Cl)c1N. The van der Waals surface area contributed by atoms with Crippen molar-refractivity contribution in [1.82, 2.24) is 5.32 Å². The normalized spacial score (nSPS) is 12.8. The number of benzene rings is 1. The van der Waals surface area contributed by atoms with E-state index in [1.54, 1.807) is 0 Å². The van der Waals surface area contributed by atoms with E-state index in [1.807, 2.05) is 25.2 Å². The molecule has 3 heteroatoms. The smallest absolute Gasteiger partial charge is 0.0638 e. The van der Waals surface area contributed by atoms with Gasteiger partial charge in [0.25, 0.3) is 0 Å². The molecule has 0 aliphatic carbocycles. The van der Waals surface area contributed by atoms with Gasteiger partial charge in [-0.2, -0.15) is 0 Å². The van der Waals surface area contributed by atoms with Gasteiger partial charge < -0.3 is 11.1 Å². The van der Waals surface area contributed by atoms with Gasteiger partial charge in [-0.1, -0.05) is 23.7 Å². The van der Waals surface area contributed by atoms with E-state index in [1.165, 1.54) is 0 Å². The minimum absolute atomic E-state index is 0.508. The number of para-hydroxylation sites is 1. The highest BCUT2D eigenvalue weighted by molar-refractivity contribution is 6.33. The van der Waals surface area contributed by atoms with Crippen molar-refractivity contribution in [2.24, 2.45) is 0 Å². The van der Waals surface area contributed by atoms with E-state index in [0.29, 0.717) is 11.1 Å². The van der Waals surface area contributed by atoms with Crippen LogP contribution in [0, 0.1) is 0 Å². The molecule has 0 aliphatic rings. The number of nitrogen functional groups attached to an aromatic ring is 1. The molecule has 0 fully saturated rings. The quantitative estimate of drug-likeness (QED) is 0.753. The molecule has 1 aromatic rings. The van der Waals surface area contributed by atoms with Crippen LogP contribution in [0.5, 0.6) is 0 Å². The van der Waals surface area contributed by atoms with Crippen molar-refractivity contribution in [3.05, 3.63) is 28.8 Å². The number of hydrogen-bond donors (Lipinski definition) is 2. The van der Waals surface area contributed by atoms with Gasteiger partial charge in [-0.05, 0) is 38.4 Å². The summed E-state index contributed by atoms with van der Waals surface area (Å²) in [6.45, 7) is 2.15. The van der Waals surface area contributed by atoms with Gasteiger partial charge in [-0.15, -0.1) is 0 Å². The molecule has 1 rings (SSSR count). The minimum atomic E-state index is 0.508. The fourth-order valence-corrected chi connectivity index (χ4v) is 1.51. The van der Waals surface area contributed by atoms with Crippen LogP contribution in [0.15, 0.2) is 18.2 Å². The molecule has 0 heterocycles. The van der Waals surface area contributed by atoms with Crippen molar-refractivity contribution in [2.45, 2.75) is 25.8 Å². The maximum atomic E-state index is 5.92. The van der Waals surface area contributed by atoms with E-state index in [2.05, 4.69) is 12.2 Å². The van der Waals surface area contributed by atoms with E-state index in [0.717, 1.165) is 24.1 Å². The Kier molecular flexibility index (Phi) is 4.23. The summed E-state index contributed by atoms with van der Waals surface area (Å²) < 4.78 is 0. The summed E-state index contributed by atoms with van der Waals surface area (Å²) >= 11 is 5.92. The van der Waals surface area contributed by atoms with Crippen LogP contribution in [0.25, 0.3) is 0 Å². The Balaban J connectivity index is 2.63. The molecular weight excluding hydrogens is 196 g/mol. The Morgan fingerprint density at radius 2 is 2.21 bits per heavy atom. The van der Waals surface area contributed by atoms with Gasteiger partial charge in [0.15, 0.2) is 0 Å². The van der Waals surface area contributed by atoms with Crippen molar-refractivity contribution in [2.75, 3.05) is 12.8 Å². The molecule has 0 aromatic heterocycles. The highest BCUT2D eigenvalue weighted by Gasteiger charge is 2.04. The van der Waals surface area contributed by atoms with Gasteiger partial charge >= 0.3 is 0 Å². The topological polar surface area (TPSA) is 38.0 Å². The first-order valence-electron chi connectivity index (χ1n) is 4.85. The van der Waals surface area contributed by atoms with Crippen LogP contribution in [0.1, 0.15) is 18.9 Å². The predicted molar refractivity (Wildman–Crippen MR) is 62.7 cm³/mol. The van der Waals surface area contributed by atoms with Gasteiger partial charge in [0.2, 0.25) is 0 Å². The lowest BCUT2D eigenvalue weighted by Crippen LogP contribution is -2.21. The second-order valence-corrected chi connectivity index (χ2v) is 3.95. The van der Waals surface area contributed by atoms with E-state index >= 15 is 0 Å². The van der Waals surface area contributed by atoms with Crippen LogP contribution >= 0.6 is 11.6 Å². The Labute approximate surface area is 90.4 Å². The number of nitrogens with one attached hydrogen (secondary N) is 1. The molecule has 0 aliphatic heterocycles. The summed E-state index contributed by atoms with van der Waals surface area (Å²) in [6, 6.07) is 6.30. The standard InChI is InChI=1S/C11H17ClN2/c1-8(14-2)6-7-9-4-3-5-10(12)11(9)13/h3-5,8,14H,6-7,13H2,1-2H3. The third-order valence-corrected chi connectivity index (χ3v) is 2.81. The van der Waals surface area contributed by atoms with Crippen LogP contribution < -0.4 is 11.1 Å². The molecule has 3 N–H and O–H groups in total. The van der Waals surface area contributed by atoms with Gasteiger partial charge in [0.05, 0.1) is 10.7 Å². The third-order valence-electron chi connectivity index (χ3n) is 2.48. The van der Waals surface area contributed by atoms with Crippen LogP contribution in [-0.4, -0.2) is 13.1 Å². The highest BCUT2D eigenvalue weighted by Crippen LogP contribution is 2.23. The molecular formula is C11H17ClN2. The largest absolute Gasteiger partial charge is 0.397 e. The Bertz CT molecular complexity index is 299. The Hall–Kier alpha value is -0.730. The highest BCUT2D eigenvalue weighted by atomic mass is 35.5. The van der Waals surface area contributed by atoms with Crippen molar-refractivity contribution >= 4 is 17.3 Å². The van der Waals surface area contributed by atoms with E-state index in [4.69, 9.17) is 17.3 Å².